The first-order valence-corrected chi connectivity index (χ1v) is 9.76. The van der Waals surface area contributed by atoms with Crippen molar-refractivity contribution in [1.29, 1.82) is 0 Å². The van der Waals surface area contributed by atoms with E-state index in [9.17, 15) is 9.59 Å². The van der Waals surface area contributed by atoms with Crippen molar-refractivity contribution in [3.8, 4) is 11.5 Å². The van der Waals surface area contributed by atoms with Gasteiger partial charge in [0.25, 0.3) is 0 Å². The Hall–Kier alpha value is -3.27. The summed E-state index contributed by atoms with van der Waals surface area (Å²) in [7, 11) is 1.94. The first-order valence-electron chi connectivity index (χ1n) is 9.76. The van der Waals surface area contributed by atoms with E-state index >= 15 is 4.39 Å². The molecule has 3 unspecified atom stereocenters. The van der Waals surface area contributed by atoms with Gasteiger partial charge in [-0.15, -0.1) is 0 Å². The Morgan fingerprint density at radius 1 is 1.43 bits per heavy atom. The summed E-state index contributed by atoms with van der Waals surface area (Å²) in [6, 6.07) is 1.45. The molecule has 1 aromatic carbocycles. The van der Waals surface area contributed by atoms with Gasteiger partial charge in [0.2, 0.25) is 11.2 Å². The van der Waals surface area contributed by atoms with E-state index < -0.39 is 23.2 Å². The molecule has 2 aromatic rings. The Kier molecular flexibility index (Phi) is 4.31. The Bertz CT molecular complexity index is 1130. The van der Waals surface area contributed by atoms with Crippen LogP contribution in [-0.4, -0.2) is 48.8 Å². The molecule has 30 heavy (non-hydrogen) atoms. The van der Waals surface area contributed by atoms with Crippen molar-refractivity contribution in [3.05, 3.63) is 40.5 Å². The molecule has 1 saturated heterocycles. The van der Waals surface area contributed by atoms with E-state index in [1.807, 2.05) is 11.9 Å². The number of fused-ring (bicyclic) bond motifs is 1. The molecular weight excluding hydrogens is 395 g/mol. The predicted molar refractivity (Wildman–Crippen MR) is 107 cm³/mol. The van der Waals surface area contributed by atoms with Crippen LogP contribution in [0.15, 0.2) is 29.2 Å². The van der Waals surface area contributed by atoms with E-state index in [-0.39, 0.29) is 17.9 Å². The lowest BCUT2D eigenvalue weighted by atomic mass is 9.83. The molecule has 9 nitrogen and oxygen atoms in total. The van der Waals surface area contributed by atoms with E-state index in [0.717, 1.165) is 12.5 Å². The highest BCUT2D eigenvalue weighted by molar-refractivity contribution is 5.93. The highest BCUT2D eigenvalue weighted by atomic mass is 19.1. The maximum atomic E-state index is 15.3. The summed E-state index contributed by atoms with van der Waals surface area (Å²) in [6.45, 7) is 1.35. The number of carbonyl (C=O) groups is 1. The lowest BCUT2D eigenvalue weighted by Gasteiger charge is -2.29. The zero-order chi connectivity index (χ0) is 21.0. The van der Waals surface area contributed by atoms with Gasteiger partial charge in [0.1, 0.15) is 11.2 Å². The molecule has 10 heteroatoms. The fraction of sp³-hybridized carbons (Fsp3) is 0.400. The van der Waals surface area contributed by atoms with Crippen LogP contribution in [0, 0.1) is 17.7 Å². The molecule has 1 aromatic heterocycles. The summed E-state index contributed by atoms with van der Waals surface area (Å²) in [5.74, 6) is -0.0755. The molecule has 3 N–H and O–H groups in total. The number of hydrogen-bond donors (Lipinski definition) is 3. The zero-order valence-corrected chi connectivity index (χ0v) is 16.2. The van der Waals surface area contributed by atoms with Gasteiger partial charge in [-0.1, -0.05) is 12.2 Å². The third-order valence-corrected chi connectivity index (χ3v) is 6.18. The van der Waals surface area contributed by atoms with Gasteiger partial charge in [0.05, 0.1) is 11.6 Å². The highest BCUT2D eigenvalue weighted by Gasteiger charge is 2.40. The molecule has 5 rings (SSSR count). The van der Waals surface area contributed by atoms with Crippen molar-refractivity contribution in [2.45, 2.75) is 12.5 Å². The number of halogens is 1. The van der Waals surface area contributed by atoms with Gasteiger partial charge in [-0.3, -0.25) is 14.9 Å². The van der Waals surface area contributed by atoms with Crippen molar-refractivity contribution in [2.24, 2.45) is 11.8 Å². The molecule has 0 saturated carbocycles. The number of carboxylic acid groups (broad SMARTS) is 1. The van der Waals surface area contributed by atoms with E-state index in [1.165, 1.54) is 10.9 Å². The molecule has 0 amide bonds. The van der Waals surface area contributed by atoms with Crippen LogP contribution < -0.4 is 30.5 Å². The second kappa shape index (κ2) is 6.91. The zero-order valence-electron chi connectivity index (χ0n) is 16.2. The first-order chi connectivity index (χ1) is 14.5. The second-order valence-corrected chi connectivity index (χ2v) is 7.73. The summed E-state index contributed by atoms with van der Waals surface area (Å²) < 4.78 is 27.1. The van der Waals surface area contributed by atoms with Crippen LogP contribution in [0.25, 0.3) is 10.9 Å². The molecule has 0 spiro atoms. The summed E-state index contributed by atoms with van der Waals surface area (Å²) in [4.78, 5) is 25.6. The third kappa shape index (κ3) is 2.78. The van der Waals surface area contributed by atoms with Crippen molar-refractivity contribution in [1.82, 2.24) is 9.99 Å². The molecule has 0 radical (unpaired) electrons. The van der Waals surface area contributed by atoms with Gasteiger partial charge >= 0.3 is 6.16 Å². The van der Waals surface area contributed by atoms with Crippen LogP contribution in [0.2, 0.25) is 0 Å². The maximum absolute atomic E-state index is 15.3. The molecule has 1 fully saturated rings. The molecule has 3 heterocycles. The number of aromatic nitrogens is 1. The van der Waals surface area contributed by atoms with Gasteiger partial charge in [-0.2, -0.15) is 0 Å². The van der Waals surface area contributed by atoms with Crippen molar-refractivity contribution >= 4 is 22.7 Å². The van der Waals surface area contributed by atoms with Crippen molar-refractivity contribution in [3.63, 3.8) is 0 Å². The Morgan fingerprint density at radius 2 is 2.27 bits per heavy atom. The van der Waals surface area contributed by atoms with Crippen LogP contribution in [-0.2, 0) is 0 Å². The number of anilines is 1. The minimum Gasteiger partial charge on any atom is -0.467 e. The van der Waals surface area contributed by atoms with E-state index in [1.54, 1.807) is 0 Å². The summed E-state index contributed by atoms with van der Waals surface area (Å²) in [5, 5.41) is 12.2. The average molecular weight is 416 g/mol. The number of hydrogen-bond acceptors (Lipinski definition) is 7. The van der Waals surface area contributed by atoms with E-state index in [4.69, 9.17) is 9.84 Å². The smallest absolute Gasteiger partial charge is 0.467 e. The first kappa shape index (κ1) is 18.7. The standard InChI is InChI=1S/C20H21FN4O5/c1-22-14-4-2-3-10-6-24(7-12(10)14)17-13(21)5-11-16-19(17)29-9-23-25(16)8-15(18(11)26)30-20(27)28/h2-3,5,8,10,12,14,22-23H,4,6-7,9H2,1H3,(H,27,28). The predicted octanol–water partition coefficient (Wildman–Crippen LogP) is 1.69. The van der Waals surface area contributed by atoms with E-state index in [2.05, 4.69) is 27.6 Å². The lowest BCUT2D eigenvalue weighted by molar-refractivity contribution is 0.144. The normalized spacial score (nSPS) is 24.3. The largest absolute Gasteiger partial charge is 0.511 e. The SMILES string of the molecule is CNC1CC=CC2CN(c3c(F)cc4c(=O)c(OC(=O)O)cn5c4c3OCN5)CC21. The number of pyridine rings is 1. The quantitative estimate of drug-likeness (QED) is 0.513. The highest BCUT2D eigenvalue weighted by Crippen LogP contribution is 2.44. The van der Waals surface area contributed by atoms with E-state index in [0.29, 0.717) is 42.2 Å². The monoisotopic (exact) mass is 416 g/mol. The second-order valence-electron chi connectivity index (χ2n) is 7.73. The number of nitrogens with zero attached hydrogens (tertiary/aromatic N) is 2. The fourth-order valence-electron chi connectivity index (χ4n) is 4.86. The molecular formula is C20H21FN4O5. The van der Waals surface area contributed by atoms with Gasteiger partial charge in [0.15, 0.2) is 18.3 Å². The Balaban J connectivity index is 1.64. The number of benzene rings is 1. The average Bonchev–Trinajstić information content (AvgIpc) is 3.14. The van der Waals surface area contributed by atoms with Crippen molar-refractivity contribution < 1.29 is 23.8 Å². The van der Waals surface area contributed by atoms with Crippen molar-refractivity contribution in [2.75, 3.05) is 37.2 Å². The summed E-state index contributed by atoms with van der Waals surface area (Å²) in [6.07, 6.45) is 4.92. The van der Waals surface area contributed by atoms with Crippen LogP contribution in [0.5, 0.6) is 11.5 Å². The van der Waals surface area contributed by atoms with Crippen LogP contribution >= 0.6 is 0 Å². The maximum Gasteiger partial charge on any atom is 0.511 e. The van der Waals surface area contributed by atoms with Crippen LogP contribution in [0.1, 0.15) is 6.42 Å². The third-order valence-electron chi connectivity index (χ3n) is 6.18. The number of ether oxygens (including phenoxy) is 2. The molecule has 0 bridgehead atoms. The molecule has 3 aliphatic rings. The summed E-state index contributed by atoms with van der Waals surface area (Å²) in [5.41, 5.74) is 2.86. The molecule has 1 aliphatic carbocycles. The van der Waals surface area contributed by atoms with Crippen LogP contribution in [0.4, 0.5) is 14.9 Å². The van der Waals surface area contributed by atoms with Gasteiger partial charge < -0.3 is 24.8 Å². The van der Waals surface area contributed by atoms with Gasteiger partial charge in [-0.25, -0.2) is 9.18 Å². The van der Waals surface area contributed by atoms with Gasteiger partial charge in [0, 0.05) is 25.0 Å². The molecule has 158 valence electrons. The number of nitrogens with one attached hydrogen (secondary N) is 2. The summed E-state index contributed by atoms with van der Waals surface area (Å²) >= 11 is 0. The molecule has 3 atom stereocenters. The topological polar surface area (TPSA) is 105 Å². The minimum absolute atomic E-state index is 0.0122. The Labute approximate surface area is 170 Å². The fourth-order valence-corrected chi connectivity index (χ4v) is 4.86. The molecule has 2 aliphatic heterocycles. The lowest BCUT2D eigenvalue weighted by Crippen LogP contribution is -2.39. The Morgan fingerprint density at radius 3 is 3.03 bits per heavy atom. The van der Waals surface area contributed by atoms with Crippen LogP contribution in [0.3, 0.4) is 0 Å². The number of rotatable bonds is 3. The minimum atomic E-state index is -1.62. The van der Waals surface area contributed by atoms with Gasteiger partial charge in [-0.05, 0) is 25.5 Å².